The van der Waals surface area contributed by atoms with E-state index in [4.69, 9.17) is 0 Å². The van der Waals surface area contributed by atoms with Crippen LogP contribution in [-0.2, 0) is 9.59 Å². The fraction of sp³-hybridized carbons (Fsp3) is 0.867. The maximum Gasteiger partial charge on any atom is 0.249 e. The first kappa shape index (κ1) is 14.2. The lowest BCUT2D eigenvalue weighted by Gasteiger charge is -2.48. The van der Waals surface area contributed by atoms with Crippen LogP contribution in [0.2, 0.25) is 0 Å². The minimum Gasteiger partial charge on any atom is -0.340 e. The number of amides is 2. The number of carbonyl (C=O) groups is 2. The number of nitrogens with zero attached hydrogens (tertiary/aromatic N) is 1. The van der Waals surface area contributed by atoms with Gasteiger partial charge in [-0.15, -0.1) is 0 Å². The Morgan fingerprint density at radius 1 is 1.25 bits per heavy atom. The summed E-state index contributed by atoms with van der Waals surface area (Å²) in [5.41, 5.74) is -0.645. The van der Waals surface area contributed by atoms with Crippen LogP contribution in [0.3, 0.4) is 0 Å². The maximum absolute atomic E-state index is 13.0. The van der Waals surface area contributed by atoms with Gasteiger partial charge in [-0.2, -0.15) is 11.8 Å². The van der Waals surface area contributed by atoms with Gasteiger partial charge in [0.05, 0.1) is 0 Å². The molecule has 0 aromatic heterocycles. The van der Waals surface area contributed by atoms with E-state index in [0.29, 0.717) is 12.3 Å². The average molecular weight is 296 g/mol. The Morgan fingerprint density at radius 2 is 1.90 bits per heavy atom. The molecular weight excluding hydrogens is 272 g/mol. The third-order valence-electron chi connectivity index (χ3n) is 5.06. The summed E-state index contributed by atoms with van der Waals surface area (Å²) < 4.78 is 0. The van der Waals surface area contributed by atoms with E-state index in [1.165, 1.54) is 0 Å². The highest BCUT2D eigenvalue weighted by Gasteiger charge is 2.56. The summed E-state index contributed by atoms with van der Waals surface area (Å²) in [7, 11) is 0. The van der Waals surface area contributed by atoms with Crippen molar-refractivity contribution in [3.63, 3.8) is 0 Å². The lowest BCUT2D eigenvalue weighted by molar-refractivity contribution is -0.158. The van der Waals surface area contributed by atoms with Gasteiger partial charge in [0.1, 0.15) is 11.6 Å². The molecule has 0 spiro atoms. The second-order valence-electron chi connectivity index (χ2n) is 6.45. The summed E-state index contributed by atoms with van der Waals surface area (Å²) >= 11 is 1.95. The number of hydrogen-bond donors (Lipinski definition) is 1. The molecule has 4 nitrogen and oxygen atoms in total. The molecule has 20 heavy (non-hydrogen) atoms. The molecular formula is C15H24N2O2S. The monoisotopic (exact) mass is 296 g/mol. The summed E-state index contributed by atoms with van der Waals surface area (Å²) in [5.74, 6) is 2.78. The number of carbonyl (C=O) groups excluding carboxylic acids is 2. The zero-order valence-corrected chi connectivity index (χ0v) is 13.2. The van der Waals surface area contributed by atoms with E-state index in [2.05, 4.69) is 5.32 Å². The Kier molecular flexibility index (Phi) is 3.73. The lowest BCUT2D eigenvalue weighted by atomic mass is 9.87. The number of hydrogen-bond acceptors (Lipinski definition) is 3. The molecule has 2 aliphatic heterocycles. The van der Waals surface area contributed by atoms with Crippen molar-refractivity contribution in [3.8, 4) is 0 Å². The highest BCUT2D eigenvalue weighted by Crippen LogP contribution is 2.43. The molecule has 1 saturated carbocycles. The van der Waals surface area contributed by atoms with E-state index in [1.807, 2.05) is 30.5 Å². The smallest absolute Gasteiger partial charge is 0.249 e. The first-order valence-corrected chi connectivity index (χ1v) is 8.96. The van der Waals surface area contributed by atoms with Gasteiger partial charge in [-0.05, 0) is 56.5 Å². The van der Waals surface area contributed by atoms with Crippen LogP contribution in [0.25, 0.3) is 0 Å². The van der Waals surface area contributed by atoms with Crippen LogP contribution in [0.15, 0.2) is 0 Å². The lowest BCUT2D eigenvalue weighted by Crippen LogP contribution is -2.72. The topological polar surface area (TPSA) is 49.4 Å². The fourth-order valence-corrected chi connectivity index (χ4v) is 4.71. The van der Waals surface area contributed by atoms with Crippen molar-refractivity contribution >= 4 is 23.6 Å². The summed E-state index contributed by atoms with van der Waals surface area (Å²) in [5, 5.41) is 3.04. The molecule has 0 aromatic carbocycles. The van der Waals surface area contributed by atoms with Crippen LogP contribution in [0.5, 0.6) is 0 Å². The van der Waals surface area contributed by atoms with Crippen molar-refractivity contribution in [2.45, 2.75) is 63.6 Å². The summed E-state index contributed by atoms with van der Waals surface area (Å²) in [4.78, 5) is 27.5. The minimum atomic E-state index is -0.645. The average Bonchev–Trinajstić information content (AvgIpc) is 3.28. The van der Waals surface area contributed by atoms with Crippen LogP contribution in [0.1, 0.15) is 46.0 Å². The Balaban J connectivity index is 1.89. The van der Waals surface area contributed by atoms with Gasteiger partial charge in [0, 0.05) is 6.04 Å². The largest absolute Gasteiger partial charge is 0.340 e. The van der Waals surface area contributed by atoms with Crippen LogP contribution in [0, 0.1) is 5.92 Å². The molecule has 3 fully saturated rings. The molecule has 2 saturated heterocycles. The van der Waals surface area contributed by atoms with E-state index in [-0.39, 0.29) is 23.9 Å². The first-order chi connectivity index (χ1) is 9.58. The predicted octanol–water partition coefficient (Wildman–Crippen LogP) is 1.79. The molecule has 3 aliphatic rings. The van der Waals surface area contributed by atoms with Crippen molar-refractivity contribution in [2.75, 3.05) is 11.5 Å². The molecule has 5 heteroatoms. The second-order valence-corrected chi connectivity index (χ2v) is 7.67. The van der Waals surface area contributed by atoms with Crippen molar-refractivity contribution in [3.05, 3.63) is 0 Å². The van der Waals surface area contributed by atoms with E-state index in [1.54, 1.807) is 0 Å². The minimum absolute atomic E-state index is 0.0553. The van der Waals surface area contributed by atoms with Crippen molar-refractivity contribution in [1.82, 2.24) is 10.2 Å². The van der Waals surface area contributed by atoms with Crippen molar-refractivity contribution in [1.29, 1.82) is 0 Å². The molecule has 2 amide bonds. The molecule has 2 heterocycles. The number of rotatable bonds is 3. The molecule has 0 aromatic rings. The number of piperazine rings is 1. The van der Waals surface area contributed by atoms with Gasteiger partial charge in [0.25, 0.3) is 0 Å². The van der Waals surface area contributed by atoms with Crippen LogP contribution < -0.4 is 5.32 Å². The Morgan fingerprint density at radius 3 is 2.45 bits per heavy atom. The summed E-state index contributed by atoms with van der Waals surface area (Å²) in [6.45, 7) is 3.93. The molecule has 1 N–H and O–H groups in total. The zero-order chi connectivity index (χ0) is 14.3. The van der Waals surface area contributed by atoms with E-state index in [0.717, 1.165) is 37.2 Å². The quantitative estimate of drug-likeness (QED) is 0.864. The normalized spacial score (nSPS) is 36.1. The van der Waals surface area contributed by atoms with E-state index >= 15 is 0 Å². The maximum atomic E-state index is 13.0. The van der Waals surface area contributed by atoms with Crippen LogP contribution in [0.4, 0.5) is 0 Å². The molecule has 3 rings (SSSR count). The van der Waals surface area contributed by atoms with Gasteiger partial charge in [-0.1, -0.05) is 6.92 Å². The molecule has 2 unspecified atom stereocenters. The highest BCUT2D eigenvalue weighted by atomic mass is 32.2. The van der Waals surface area contributed by atoms with Gasteiger partial charge >= 0.3 is 0 Å². The standard InChI is InChI=1S/C15H24N2O2S/c1-3-12-13(18)16-15(2,10-4-5-10)14(19)17(12)11-6-8-20-9-7-11/h10-12H,3-9H2,1-2H3,(H,16,18). The third kappa shape index (κ3) is 2.24. The Hall–Kier alpha value is -0.710. The SMILES string of the molecule is CCC1C(=O)NC(C)(C2CC2)C(=O)N1C1CCSCC1. The van der Waals surface area contributed by atoms with E-state index in [9.17, 15) is 9.59 Å². The number of thioether (sulfide) groups is 1. The van der Waals surface area contributed by atoms with Gasteiger partial charge < -0.3 is 10.2 Å². The van der Waals surface area contributed by atoms with Crippen LogP contribution >= 0.6 is 11.8 Å². The zero-order valence-electron chi connectivity index (χ0n) is 12.4. The molecule has 112 valence electrons. The molecule has 0 radical (unpaired) electrons. The summed E-state index contributed by atoms with van der Waals surface area (Å²) in [6.07, 6.45) is 4.89. The molecule has 0 bridgehead atoms. The highest BCUT2D eigenvalue weighted by molar-refractivity contribution is 7.99. The Labute approximate surface area is 125 Å². The number of nitrogens with one attached hydrogen (secondary N) is 1. The summed E-state index contributed by atoms with van der Waals surface area (Å²) in [6, 6.07) is 0.000231. The first-order valence-electron chi connectivity index (χ1n) is 7.80. The third-order valence-corrected chi connectivity index (χ3v) is 6.11. The van der Waals surface area contributed by atoms with Crippen molar-refractivity contribution < 1.29 is 9.59 Å². The fourth-order valence-electron chi connectivity index (χ4n) is 3.63. The van der Waals surface area contributed by atoms with Gasteiger partial charge in [0.15, 0.2) is 0 Å². The van der Waals surface area contributed by atoms with Gasteiger partial charge in [-0.3, -0.25) is 9.59 Å². The second kappa shape index (κ2) is 5.24. The van der Waals surface area contributed by atoms with Gasteiger partial charge in [-0.25, -0.2) is 0 Å². The van der Waals surface area contributed by atoms with Crippen LogP contribution in [-0.4, -0.2) is 45.8 Å². The van der Waals surface area contributed by atoms with E-state index < -0.39 is 5.54 Å². The Bertz CT molecular complexity index is 418. The van der Waals surface area contributed by atoms with Crippen molar-refractivity contribution in [2.24, 2.45) is 5.92 Å². The predicted molar refractivity (Wildman–Crippen MR) is 80.5 cm³/mol. The molecule has 1 aliphatic carbocycles. The van der Waals surface area contributed by atoms with Gasteiger partial charge in [0.2, 0.25) is 11.8 Å². The molecule has 2 atom stereocenters.